The van der Waals surface area contributed by atoms with Gasteiger partial charge in [-0.05, 0) is 19.3 Å². The zero-order valence-corrected chi connectivity index (χ0v) is 17.2. The molecule has 1 aliphatic carbocycles. The number of carboxylic acids is 1. The molecule has 0 bridgehead atoms. The van der Waals surface area contributed by atoms with Crippen molar-refractivity contribution in [3.63, 3.8) is 0 Å². The van der Waals surface area contributed by atoms with Crippen molar-refractivity contribution in [1.82, 2.24) is 4.57 Å². The number of carboxylic acid groups (broad SMARTS) is 1. The number of fused-ring (bicyclic) bond motifs is 2. The van der Waals surface area contributed by atoms with Crippen LogP contribution in [0.25, 0.3) is 10.9 Å². The maximum absolute atomic E-state index is 15.7. The number of aromatic carboxylic acids is 1. The number of methoxy groups -OCH3 is 1. The Hall–Kier alpha value is -2.85. The van der Waals surface area contributed by atoms with Crippen molar-refractivity contribution in [2.75, 3.05) is 44.0 Å². The van der Waals surface area contributed by atoms with E-state index in [1.807, 2.05) is 4.90 Å². The second-order valence-corrected chi connectivity index (χ2v) is 8.63. The van der Waals surface area contributed by atoms with Crippen LogP contribution in [0.1, 0.15) is 35.7 Å². The molecule has 1 saturated carbocycles. The second kappa shape index (κ2) is 6.83. The van der Waals surface area contributed by atoms with E-state index in [4.69, 9.17) is 20.9 Å². The number of pyridine rings is 1. The Balaban J connectivity index is 1.79. The molecule has 0 spiro atoms. The number of hydrogen-bond acceptors (Lipinski definition) is 7. The number of nitrogens with two attached hydrogens (primary N) is 2. The van der Waals surface area contributed by atoms with E-state index in [-0.39, 0.29) is 34.5 Å². The summed E-state index contributed by atoms with van der Waals surface area (Å²) >= 11 is 0. The van der Waals surface area contributed by atoms with Crippen molar-refractivity contribution in [2.45, 2.75) is 30.9 Å². The van der Waals surface area contributed by atoms with Gasteiger partial charge in [-0.25, -0.2) is 9.18 Å². The van der Waals surface area contributed by atoms with Crippen LogP contribution in [0.2, 0.25) is 0 Å². The first kappa shape index (κ1) is 20.1. The minimum Gasteiger partial charge on any atom is -0.492 e. The lowest BCUT2D eigenvalue weighted by molar-refractivity contribution is 0.0126. The van der Waals surface area contributed by atoms with E-state index in [1.165, 1.54) is 13.3 Å². The molecule has 2 aromatic rings. The summed E-state index contributed by atoms with van der Waals surface area (Å²) in [5.74, 6) is -1.84. The molecule has 0 radical (unpaired) electrons. The van der Waals surface area contributed by atoms with E-state index >= 15 is 4.39 Å². The van der Waals surface area contributed by atoms with Gasteiger partial charge >= 0.3 is 5.97 Å². The Kier molecular flexibility index (Phi) is 4.42. The van der Waals surface area contributed by atoms with E-state index in [0.717, 1.165) is 19.3 Å². The minimum atomic E-state index is -1.38. The summed E-state index contributed by atoms with van der Waals surface area (Å²) in [6, 6.07) is 0.00415. The lowest BCUT2D eigenvalue weighted by Gasteiger charge is -2.29. The summed E-state index contributed by atoms with van der Waals surface area (Å²) in [5.41, 5.74) is 10.5. The van der Waals surface area contributed by atoms with Gasteiger partial charge in [0.05, 0.1) is 23.7 Å². The van der Waals surface area contributed by atoms with Crippen LogP contribution in [0, 0.1) is 11.7 Å². The van der Waals surface area contributed by atoms with Crippen molar-refractivity contribution in [1.29, 1.82) is 0 Å². The molecule has 2 unspecified atom stereocenters. The highest BCUT2D eigenvalue weighted by atomic mass is 19.1. The Bertz CT molecular complexity index is 1160. The molecule has 1 aromatic carbocycles. The normalized spacial score (nSPS) is 25.3. The Morgan fingerprint density at radius 3 is 2.74 bits per heavy atom. The van der Waals surface area contributed by atoms with Crippen molar-refractivity contribution in [3.8, 4) is 5.75 Å². The van der Waals surface area contributed by atoms with Gasteiger partial charge in [-0.15, -0.1) is 0 Å². The summed E-state index contributed by atoms with van der Waals surface area (Å²) in [6.45, 7) is 1.84. The molecule has 2 aliphatic heterocycles. The molecular formula is C21H25FN4O5. The van der Waals surface area contributed by atoms with E-state index in [2.05, 4.69) is 0 Å². The SMILES string of the molecule is COc1c(N2CC3CCOC3(CN)C2)c(F)c(N)c2c(=O)c(C(=O)O)cn(C3CC3)c12. The Morgan fingerprint density at radius 1 is 1.42 bits per heavy atom. The number of halogens is 1. The summed E-state index contributed by atoms with van der Waals surface area (Å²) in [5, 5.41) is 9.34. The van der Waals surface area contributed by atoms with Gasteiger partial charge in [0.2, 0.25) is 5.43 Å². The number of aromatic nitrogens is 1. The lowest BCUT2D eigenvalue weighted by Crippen LogP contribution is -2.44. The monoisotopic (exact) mass is 432 g/mol. The van der Waals surface area contributed by atoms with Crippen LogP contribution in [-0.4, -0.2) is 54.6 Å². The number of nitrogen functional groups attached to an aromatic ring is 1. The van der Waals surface area contributed by atoms with Crippen molar-refractivity contribution in [3.05, 3.63) is 27.8 Å². The van der Waals surface area contributed by atoms with Gasteiger partial charge in [0.15, 0.2) is 11.6 Å². The first-order valence-electron chi connectivity index (χ1n) is 10.4. The average Bonchev–Trinajstić information content (AvgIpc) is 3.41. The molecule has 3 fully saturated rings. The van der Waals surface area contributed by atoms with Gasteiger partial charge in [0.25, 0.3) is 0 Å². The molecular weight excluding hydrogens is 407 g/mol. The standard InChI is InChI=1S/C21H25FN4O5/c1-30-19-16-13(18(27)12(20(28)29)7-26(16)11-2-3-11)15(24)14(22)17(19)25-6-10-4-5-31-21(10,8-23)9-25/h7,10-11H,2-6,8-9,23-24H2,1H3,(H,28,29). The number of hydrogen-bond donors (Lipinski definition) is 3. The van der Waals surface area contributed by atoms with Crippen LogP contribution in [-0.2, 0) is 4.74 Å². The summed E-state index contributed by atoms with van der Waals surface area (Å²) in [7, 11) is 1.41. The third-order valence-corrected chi connectivity index (χ3v) is 6.91. The predicted octanol–water partition coefficient (Wildman–Crippen LogP) is 1.32. The molecule has 3 aliphatic rings. The van der Waals surface area contributed by atoms with E-state index in [1.54, 1.807) is 4.57 Å². The van der Waals surface area contributed by atoms with E-state index < -0.39 is 28.4 Å². The zero-order valence-electron chi connectivity index (χ0n) is 17.2. The molecule has 5 rings (SSSR count). The van der Waals surface area contributed by atoms with Crippen LogP contribution < -0.4 is 26.5 Å². The quantitative estimate of drug-likeness (QED) is 0.603. The maximum atomic E-state index is 15.7. The summed E-state index contributed by atoms with van der Waals surface area (Å²) in [6.07, 6.45) is 3.79. The third-order valence-electron chi connectivity index (χ3n) is 6.91. The first-order chi connectivity index (χ1) is 14.8. The highest BCUT2D eigenvalue weighted by molar-refractivity contribution is 6.03. The van der Waals surface area contributed by atoms with Gasteiger partial charge in [-0.3, -0.25) is 4.79 Å². The minimum absolute atomic E-state index is 0.00415. The fourth-order valence-electron chi connectivity index (χ4n) is 5.16. The topological polar surface area (TPSA) is 133 Å². The van der Waals surface area contributed by atoms with Gasteiger partial charge < -0.3 is 35.5 Å². The van der Waals surface area contributed by atoms with Crippen LogP contribution >= 0.6 is 0 Å². The smallest absolute Gasteiger partial charge is 0.341 e. The summed E-state index contributed by atoms with van der Waals surface area (Å²) in [4.78, 5) is 26.4. The van der Waals surface area contributed by atoms with Gasteiger partial charge in [-0.1, -0.05) is 0 Å². The van der Waals surface area contributed by atoms with Crippen molar-refractivity contribution in [2.24, 2.45) is 11.7 Å². The fourth-order valence-corrected chi connectivity index (χ4v) is 5.16. The molecule has 3 heterocycles. The van der Waals surface area contributed by atoms with Crippen molar-refractivity contribution >= 4 is 28.2 Å². The predicted molar refractivity (Wildman–Crippen MR) is 112 cm³/mol. The Morgan fingerprint density at radius 2 is 2.16 bits per heavy atom. The van der Waals surface area contributed by atoms with Crippen LogP contribution in [0.15, 0.2) is 11.0 Å². The molecule has 0 amide bonds. The largest absolute Gasteiger partial charge is 0.492 e. The number of ether oxygens (including phenoxy) is 2. The average molecular weight is 432 g/mol. The fraction of sp³-hybridized carbons (Fsp3) is 0.524. The number of carbonyl (C=O) groups is 1. The maximum Gasteiger partial charge on any atom is 0.341 e. The van der Waals surface area contributed by atoms with E-state index in [0.29, 0.717) is 31.8 Å². The Labute approximate surface area is 177 Å². The summed E-state index contributed by atoms with van der Waals surface area (Å²) < 4.78 is 29.0. The number of nitrogens with zero attached hydrogens (tertiary/aromatic N) is 2. The molecule has 9 nitrogen and oxygen atoms in total. The number of benzene rings is 1. The first-order valence-corrected chi connectivity index (χ1v) is 10.4. The molecule has 166 valence electrons. The molecule has 1 aromatic heterocycles. The molecule has 2 saturated heterocycles. The molecule has 10 heteroatoms. The molecule has 2 atom stereocenters. The number of anilines is 2. The van der Waals surface area contributed by atoms with Crippen LogP contribution in [0.3, 0.4) is 0 Å². The van der Waals surface area contributed by atoms with Crippen LogP contribution in [0.5, 0.6) is 5.75 Å². The molecule has 5 N–H and O–H groups in total. The van der Waals surface area contributed by atoms with Crippen molar-refractivity contribution < 1.29 is 23.8 Å². The highest BCUT2D eigenvalue weighted by Gasteiger charge is 2.51. The second-order valence-electron chi connectivity index (χ2n) is 8.63. The van der Waals surface area contributed by atoms with Crippen LogP contribution in [0.4, 0.5) is 15.8 Å². The number of rotatable bonds is 5. The van der Waals surface area contributed by atoms with Gasteiger partial charge in [-0.2, -0.15) is 0 Å². The zero-order chi connectivity index (χ0) is 22.1. The third kappa shape index (κ3) is 2.74. The van der Waals surface area contributed by atoms with Gasteiger partial charge in [0, 0.05) is 44.4 Å². The lowest BCUT2D eigenvalue weighted by atomic mass is 9.91. The molecule has 31 heavy (non-hydrogen) atoms. The van der Waals surface area contributed by atoms with Gasteiger partial charge in [0.1, 0.15) is 16.9 Å². The highest BCUT2D eigenvalue weighted by Crippen LogP contribution is 2.49. The van der Waals surface area contributed by atoms with E-state index in [9.17, 15) is 14.7 Å².